The zero-order chi connectivity index (χ0) is 12.3. The Balaban J connectivity index is 2.11. The zero-order valence-corrected chi connectivity index (χ0v) is 10.4. The molecule has 0 aliphatic carbocycles. The molecule has 0 amide bonds. The van der Waals surface area contributed by atoms with Gasteiger partial charge in [-0.2, -0.15) is 0 Å². The van der Waals surface area contributed by atoms with E-state index in [1.807, 2.05) is 6.92 Å². The second kappa shape index (κ2) is 5.04. The maximum atomic E-state index is 5.77. The fraction of sp³-hybridized carbons (Fsp3) is 0.357. The predicted octanol–water partition coefficient (Wildman–Crippen LogP) is 3.69. The number of hydrogen-bond donors (Lipinski definition) is 0. The molecule has 1 aromatic heterocycles. The fourth-order valence-corrected chi connectivity index (χ4v) is 1.59. The standard InChI is InChI=1S/C14H17NO2/c1-10(2)13-5-4-11(3)14(6-13)16-8-12-7-15-17-9-12/h4-7,9-10H,8H2,1-3H3. The molecular weight excluding hydrogens is 214 g/mol. The third kappa shape index (κ3) is 2.87. The van der Waals surface area contributed by atoms with Crippen molar-refractivity contribution in [2.45, 2.75) is 33.3 Å². The summed E-state index contributed by atoms with van der Waals surface area (Å²) in [6.45, 7) is 6.89. The van der Waals surface area contributed by atoms with Gasteiger partial charge in [-0.05, 0) is 30.0 Å². The summed E-state index contributed by atoms with van der Waals surface area (Å²) in [6, 6.07) is 6.35. The van der Waals surface area contributed by atoms with E-state index >= 15 is 0 Å². The van der Waals surface area contributed by atoms with Gasteiger partial charge in [-0.1, -0.05) is 31.1 Å². The van der Waals surface area contributed by atoms with Gasteiger partial charge in [-0.15, -0.1) is 0 Å². The van der Waals surface area contributed by atoms with Gasteiger partial charge < -0.3 is 9.26 Å². The quantitative estimate of drug-likeness (QED) is 0.805. The van der Waals surface area contributed by atoms with Crippen LogP contribution in [0.4, 0.5) is 0 Å². The summed E-state index contributed by atoms with van der Waals surface area (Å²) in [5, 5.41) is 3.65. The van der Waals surface area contributed by atoms with Gasteiger partial charge >= 0.3 is 0 Å². The number of aromatic nitrogens is 1. The van der Waals surface area contributed by atoms with Crippen LogP contribution in [0.1, 0.15) is 36.5 Å². The minimum absolute atomic E-state index is 0.492. The van der Waals surface area contributed by atoms with Crippen LogP contribution in [0.15, 0.2) is 35.2 Å². The maximum Gasteiger partial charge on any atom is 0.130 e. The van der Waals surface area contributed by atoms with Gasteiger partial charge in [0.05, 0.1) is 6.20 Å². The molecule has 0 unspecified atom stereocenters. The first-order valence-electron chi connectivity index (χ1n) is 5.78. The molecule has 17 heavy (non-hydrogen) atoms. The number of nitrogens with zero attached hydrogens (tertiary/aromatic N) is 1. The van der Waals surface area contributed by atoms with Gasteiger partial charge in [0.15, 0.2) is 0 Å². The largest absolute Gasteiger partial charge is 0.488 e. The SMILES string of the molecule is Cc1ccc(C(C)C)cc1OCc1cnoc1. The Morgan fingerprint density at radius 1 is 1.35 bits per heavy atom. The Bertz CT molecular complexity index is 475. The smallest absolute Gasteiger partial charge is 0.130 e. The number of hydrogen-bond acceptors (Lipinski definition) is 3. The lowest BCUT2D eigenvalue weighted by molar-refractivity contribution is 0.302. The monoisotopic (exact) mass is 231 g/mol. The second-order valence-corrected chi connectivity index (χ2v) is 4.50. The van der Waals surface area contributed by atoms with E-state index in [9.17, 15) is 0 Å². The molecule has 3 nitrogen and oxygen atoms in total. The molecule has 0 spiro atoms. The molecule has 2 aromatic rings. The molecule has 90 valence electrons. The van der Waals surface area contributed by atoms with E-state index in [0.717, 1.165) is 16.9 Å². The fourth-order valence-electron chi connectivity index (χ4n) is 1.59. The Kier molecular flexibility index (Phi) is 3.47. The first-order valence-corrected chi connectivity index (χ1v) is 5.78. The summed E-state index contributed by atoms with van der Waals surface area (Å²) in [5.41, 5.74) is 3.38. The van der Waals surface area contributed by atoms with Crippen molar-refractivity contribution in [3.05, 3.63) is 47.3 Å². The van der Waals surface area contributed by atoms with Crippen LogP contribution < -0.4 is 4.74 Å². The highest BCUT2D eigenvalue weighted by molar-refractivity contribution is 5.37. The molecule has 0 radical (unpaired) electrons. The Morgan fingerprint density at radius 3 is 2.82 bits per heavy atom. The summed E-state index contributed by atoms with van der Waals surface area (Å²) in [6.07, 6.45) is 3.27. The van der Waals surface area contributed by atoms with Gasteiger partial charge in [0.25, 0.3) is 0 Å². The molecule has 0 atom stereocenters. The molecule has 2 rings (SSSR count). The normalized spacial score (nSPS) is 10.8. The molecule has 0 saturated carbocycles. The van der Waals surface area contributed by atoms with Crippen LogP contribution in [-0.2, 0) is 6.61 Å². The number of aryl methyl sites for hydroxylation is 1. The lowest BCUT2D eigenvalue weighted by atomic mass is 10.0. The number of benzene rings is 1. The van der Waals surface area contributed by atoms with Crippen molar-refractivity contribution in [1.82, 2.24) is 5.16 Å². The lowest BCUT2D eigenvalue weighted by Crippen LogP contribution is -1.97. The van der Waals surface area contributed by atoms with Crippen LogP contribution in [0.3, 0.4) is 0 Å². The van der Waals surface area contributed by atoms with E-state index in [4.69, 9.17) is 9.26 Å². The lowest BCUT2D eigenvalue weighted by Gasteiger charge is -2.12. The Labute approximate surface area is 101 Å². The van der Waals surface area contributed by atoms with Crippen LogP contribution >= 0.6 is 0 Å². The average Bonchev–Trinajstić information content (AvgIpc) is 2.80. The van der Waals surface area contributed by atoms with Crippen molar-refractivity contribution in [3.8, 4) is 5.75 Å². The van der Waals surface area contributed by atoms with Crippen LogP contribution in [0.2, 0.25) is 0 Å². The molecular formula is C14H17NO2. The zero-order valence-electron chi connectivity index (χ0n) is 10.4. The Hall–Kier alpha value is -1.77. The highest BCUT2D eigenvalue weighted by Gasteiger charge is 2.05. The minimum atomic E-state index is 0.492. The van der Waals surface area contributed by atoms with Crippen molar-refractivity contribution in [2.75, 3.05) is 0 Å². The van der Waals surface area contributed by atoms with Gasteiger partial charge in [0, 0.05) is 5.56 Å². The van der Waals surface area contributed by atoms with Crippen molar-refractivity contribution >= 4 is 0 Å². The van der Waals surface area contributed by atoms with E-state index in [0.29, 0.717) is 12.5 Å². The molecule has 3 heteroatoms. The molecule has 0 aliphatic rings. The third-order valence-electron chi connectivity index (χ3n) is 2.76. The van der Waals surface area contributed by atoms with Crippen LogP contribution in [0.25, 0.3) is 0 Å². The Morgan fingerprint density at radius 2 is 2.18 bits per heavy atom. The molecule has 0 aliphatic heterocycles. The molecule has 0 bridgehead atoms. The maximum absolute atomic E-state index is 5.77. The molecule has 0 fully saturated rings. The highest BCUT2D eigenvalue weighted by Crippen LogP contribution is 2.24. The molecule has 0 saturated heterocycles. The van der Waals surface area contributed by atoms with Crippen LogP contribution in [0.5, 0.6) is 5.75 Å². The van der Waals surface area contributed by atoms with Gasteiger partial charge in [-0.25, -0.2) is 0 Å². The van der Waals surface area contributed by atoms with E-state index in [1.54, 1.807) is 12.5 Å². The number of ether oxygens (including phenoxy) is 1. The molecule has 1 aromatic carbocycles. The van der Waals surface area contributed by atoms with Crippen LogP contribution in [0, 0.1) is 6.92 Å². The van der Waals surface area contributed by atoms with Crippen molar-refractivity contribution < 1.29 is 9.26 Å². The van der Waals surface area contributed by atoms with Crippen molar-refractivity contribution in [1.29, 1.82) is 0 Å². The average molecular weight is 231 g/mol. The van der Waals surface area contributed by atoms with E-state index < -0.39 is 0 Å². The van der Waals surface area contributed by atoms with E-state index in [1.165, 1.54) is 5.56 Å². The van der Waals surface area contributed by atoms with Gasteiger partial charge in [0.2, 0.25) is 0 Å². The first-order chi connectivity index (χ1) is 8.16. The summed E-state index contributed by atoms with van der Waals surface area (Å²) >= 11 is 0. The minimum Gasteiger partial charge on any atom is -0.488 e. The molecule has 0 N–H and O–H groups in total. The summed E-state index contributed by atoms with van der Waals surface area (Å²) < 4.78 is 10.5. The second-order valence-electron chi connectivity index (χ2n) is 4.50. The highest BCUT2D eigenvalue weighted by atomic mass is 16.5. The van der Waals surface area contributed by atoms with E-state index in [-0.39, 0.29) is 0 Å². The third-order valence-corrected chi connectivity index (χ3v) is 2.76. The van der Waals surface area contributed by atoms with Crippen LogP contribution in [-0.4, -0.2) is 5.16 Å². The van der Waals surface area contributed by atoms with Gasteiger partial charge in [0.1, 0.15) is 18.6 Å². The van der Waals surface area contributed by atoms with E-state index in [2.05, 4.69) is 37.2 Å². The summed E-state index contributed by atoms with van der Waals surface area (Å²) in [5.74, 6) is 1.44. The van der Waals surface area contributed by atoms with Crippen molar-refractivity contribution in [3.63, 3.8) is 0 Å². The molecule has 1 heterocycles. The first kappa shape index (κ1) is 11.7. The predicted molar refractivity (Wildman–Crippen MR) is 66.1 cm³/mol. The van der Waals surface area contributed by atoms with Gasteiger partial charge in [-0.3, -0.25) is 0 Å². The number of rotatable bonds is 4. The summed E-state index contributed by atoms with van der Waals surface area (Å²) in [7, 11) is 0. The topological polar surface area (TPSA) is 35.3 Å². The van der Waals surface area contributed by atoms with Crippen molar-refractivity contribution in [2.24, 2.45) is 0 Å². The summed E-state index contributed by atoms with van der Waals surface area (Å²) in [4.78, 5) is 0.